The molecule has 1 fully saturated rings. The van der Waals surface area contributed by atoms with Crippen LogP contribution < -0.4 is 10.6 Å². The first-order valence-corrected chi connectivity index (χ1v) is 9.86. The van der Waals surface area contributed by atoms with Gasteiger partial charge >= 0.3 is 0 Å². The number of rotatable bonds is 5. The van der Waals surface area contributed by atoms with E-state index in [1.807, 2.05) is 6.92 Å². The van der Waals surface area contributed by atoms with Gasteiger partial charge in [0.25, 0.3) is 11.8 Å². The second kappa shape index (κ2) is 8.73. The van der Waals surface area contributed by atoms with Crippen molar-refractivity contribution in [2.75, 3.05) is 7.05 Å². The second-order valence-electron chi connectivity index (χ2n) is 7.70. The number of halogens is 1. The molecule has 4 atom stereocenters. The number of benzene rings is 1. The number of hydrogen-bond donors (Lipinski definition) is 3. The van der Waals surface area contributed by atoms with E-state index < -0.39 is 11.9 Å². The van der Waals surface area contributed by atoms with Gasteiger partial charge in [0.2, 0.25) is 0 Å². The number of aliphatic hydroxyl groups is 1. The summed E-state index contributed by atoms with van der Waals surface area (Å²) >= 11 is 0. The van der Waals surface area contributed by atoms with Gasteiger partial charge in [-0.25, -0.2) is 4.39 Å². The van der Waals surface area contributed by atoms with Crippen LogP contribution in [0.1, 0.15) is 65.7 Å². The number of nitrogens with zero attached hydrogens (tertiary/aromatic N) is 2. The van der Waals surface area contributed by atoms with Gasteiger partial charge in [0.05, 0.1) is 12.1 Å². The van der Waals surface area contributed by atoms with Crippen molar-refractivity contribution >= 4 is 11.8 Å². The normalized spacial score (nSPS) is 22.7. The maximum atomic E-state index is 13.7. The third kappa shape index (κ3) is 4.64. The van der Waals surface area contributed by atoms with Crippen LogP contribution in [0.3, 0.4) is 0 Å². The molecule has 1 aliphatic carbocycles. The van der Waals surface area contributed by atoms with E-state index in [-0.39, 0.29) is 41.2 Å². The van der Waals surface area contributed by atoms with E-state index in [0.29, 0.717) is 24.8 Å². The average molecular weight is 402 g/mol. The Kier molecular flexibility index (Phi) is 6.32. The van der Waals surface area contributed by atoms with Gasteiger partial charge in [-0.05, 0) is 49.8 Å². The van der Waals surface area contributed by atoms with Gasteiger partial charge < -0.3 is 15.7 Å². The molecule has 7 nitrogen and oxygen atoms in total. The molecule has 3 N–H and O–H groups in total. The van der Waals surface area contributed by atoms with E-state index in [0.717, 1.165) is 0 Å². The van der Waals surface area contributed by atoms with Crippen molar-refractivity contribution < 1.29 is 19.1 Å². The molecular formula is C21H27FN4O3. The first-order valence-electron chi connectivity index (χ1n) is 9.86. The standard InChI is InChI=1S/C21H27FN4O3/c1-12-9-16(7-8-19(12)27)24-21(29)18-11-17(20(28)23-3)25-26(18)13(2)14-5-4-6-15(22)10-14/h4-6,10-13,16,19,27H,7-9H2,1-3H3,(H,23,28)(H,24,29)/t12-,13?,16?,19?/m1/s1. The Balaban J connectivity index is 1.89. The summed E-state index contributed by atoms with van der Waals surface area (Å²) in [5, 5.41) is 19.7. The molecule has 2 aromatic rings. The van der Waals surface area contributed by atoms with Crippen molar-refractivity contribution in [3.05, 3.63) is 53.1 Å². The van der Waals surface area contributed by atoms with E-state index in [9.17, 15) is 19.1 Å². The molecule has 8 heteroatoms. The fourth-order valence-corrected chi connectivity index (χ4v) is 3.78. The third-order valence-electron chi connectivity index (χ3n) is 5.59. The van der Waals surface area contributed by atoms with Crippen LogP contribution in [0.5, 0.6) is 0 Å². The summed E-state index contributed by atoms with van der Waals surface area (Å²) in [6, 6.07) is 7.03. The summed E-state index contributed by atoms with van der Waals surface area (Å²) in [4.78, 5) is 25.1. The molecule has 0 aliphatic heterocycles. The predicted molar refractivity (Wildman–Crippen MR) is 106 cm³/mol. The summed E-state index contributed by atoms with van der Waals surface area (Å²) in [6.07, 6.45) is 1.66. The Hall–Kier alpha value is -2.74. The zero-order valence-electron chi connectivity index (χ0n) is 16.9. The van der Waals surface area contributed by atoms with Crippen molar-refractivity contribution in [3.8, 4) is 0 Å². The Morgan fingerprint density at radius 3 is 2.69 bits per heavy atom. The molecule has 3 unspecified atom stereocenters. The van der Waals surface area contributed by atoms with E-state index in [4.69, 9.17) is 0 Å². The zero-order chi connectivity index (χ0) is 21.1. The number of carbonyl (C=O) groups is 2. The van der Waals surface area contributed by atoms with Crippen LogP contribution in [0.2, 0.25) is 0 Å². The fourth-order valence-electron chi connectivity index (χ4n) is 3.78. The highest BCUT2D eigenvalue weighted by Gasteiger charge is 2.29. The van der Waals surface area contributed by atoms with Gasteiger partial charge in [-0.15, -0.1) is 0 Å². The number of carbonyl (C=O) groups excluding carboxylic acids is 2. The van der Waals surface area contributed by atoms with Crippen molar-refractivity contribution in [1.82, 2.24) is 20.4 Å². The largest absolute Gasteiger partial charge is 0.393 e. The maximum absolute atomic E-state index is 13.7. The molecule has 1 heterocycles. The number of aliphatic hydroxyl groups excluding tert-OH is 1. The zero-order valence-corrected chi connectivity index (χ0v) is 16.9. The predicted octanol–water partition coefficient (Wildman–Crippen LogP) is 2.27. The van der Waals surface area contributed by atoms with Gasteiger partial charge in [0, 0.05) is 19.2 Å². The van der Waals surface area contributed by atoms with Crippen LogP contribution >= 0.6 is 0 Å². The van der Waals surface area contributed by atoms with Crippen molar-refractivity contribution in [1.29, 1.82) is 0 Å². The quantitative estimate of drug-likeness (QED) is 0.715. The van der Waals surface area contributed by atoms with Crippen molar-refractivity contribution in [2.24, 2.45) is 5.92 Å². The number of hydrogen-bond acceptors (Lipinski definition) is 4. The highest BCUT2D eigenvalue weighted by Crippen LogP contribution is 2.25. The lowest BCUT2D eigenvalue weighted by atomic mass is 9.84. The molecule has 156 valence electrons. The highest BCUT2D eigenvalue weighted by molar-refractivity contribution is 5.98. The Bertz CT molecular complexity index is 898. The molecule has 1 aliphatic rings. The van der Waals surface area contributed by atoms with Gasteiger partial charge in [-0.3, -0.25) is 14.3 Å². The molecule has 0 spiro atoms. The number of amides is 2. The molecule has 0 radical (unpaired) electrons. The van der Waals surface area contributed by atoms with Gasteiger partial charge in [-0.1, -0.05) is 19.1 Å². The van der Waals surface area contributed by atoms with Crippen LogP contribution in [0.25, 0.3) is 0 Å². The van der Waals surface area contributed by atoms with Gasteiger partial charge in [0.1, 0.15) is 11.5 Å². The summed E-state index contributed by atoms with van der Waals surface area (Å²) in [7, 11) is 1.49. The molecule has 1 saturated carbocycles. The van der Waals surface area contributed by atoms with Gasteiger partial charge in [0.15, 0.2) is 5.69 Å². The summed E-state index contributed by atoms with van der Waals surface area (Å²) in [5.74, 6) is -1.02. The minimum atomic E-state index is -0.447. The third-order valence-corrected chi connectivity index (χ3v) is 5.59. The monoisotopic (exact) mass is 402 g/mol. The lowest BCUT2D eigenvalue weighted by molar-refractivity contribution is 0.0612. The van der Waals surface area contributed by atoms with Gasteiger partial charge in [-0.2, -0.15) is 5.10 Å². The van der Waals surface area contributed by atoms with E-state index in [1.54, 1.807) is 19.1 Å². The lowest BCUT2D eigenvalue weighted by Gasteiger charge is -2.31. The summed E-state index contributed by atoms with van der Waals surface area (Å²) in [6.45, 7) is 3.76. The molecule has 3 rings (SSSR count). The molecule has 2 amide bonds. The lowest BCUT2D eigenvalue weighted by Crippen LogP contribution is -2.42. The highest BCUT2D eigenvalue weighted by atomic mass is 19.1. The van der Waals surface area contributed by atoms with E-state index in [2.05, 4.69) is 15.7 Å². The molecular weight excluding hydrogens is 375 g/mol. The van der Waals surface area contributed by atoms with Crippen LogP contribution in [0.4, 0.5) is 4.39 Å². The smallest absolute Gasteiger partial charge is 0.271 e. The summed E-state index contributed by atoms with van der Waals surface area (Å²) < 4.78 is 15.1. The SMILES string of the molecule is CNC(=O)c1cc(C(=O)NC2CCC(O)[C@H](C)C2)n(C(C)c2cccc(F)c2)n1. The molecule has 0 bridgehead atoms. The Labute approximate surface area is 169 Å². The molecule has 1 aromatic carbocycles. The number of nitrogens with one attached hydrogen (secondary N) is 2. The van der Waals surface area contributed by atoms with E-state index >= 15 is 0 Å². The molecule has 0 saturated heterocycles. The van der Waals surface area contributed by atoms with E-state index in [1.165, 1.54) is 29.9 Å². The average Bonchev–Trinajstić information content (AvgIpc) is 3.15. The second-order valence-corrected chi connectivity index (χ2v) is 7.70. The number of aromatic nitrogens is 2. The van der Waals surface area contributed by atoms with Crippen molar-refractivity contribution in [3.63, 3.8) is 0 Å². The fraction of sp³-hybridized carbons (Fsp3) is 0.476. The first-order chi connectivity index (χ1) is 13.8. The maximum Gasteiger partial charge on any atom is 0.271 e. The van der Waals surface area contributed by atoms with Crippen LogP contribution in [0.15, 0.2) is 30.3 Å². The first kappa shape index (κ1) is 21.0. The van der Waals surface area contributed by atoms with Crippen LogP contribution in [0, 0.1) is 11.7 Å². The topological polar surface area (TPSA) is 96.3 Å². The van der Waals surface area contributed by atoms with Crippen LogP contribution in [-0.4, -0.2) is 45.9 Å². The van der Waals surface area contributed by atoms with Crippen LogP contribution in [-0.2, 0) is 0 Å². The minimum absolute atomic E-state index is 0.0582. The molecule has 29 heavy (non-hydrogen) atoms. The van der Waals surface area contributed by atoms with Crippen molar-refractivity contribution in [2.45, 2.75) is 51.3 Å². The minimum Gasteiger partial charge on any atom is -0.393 e. The Morgan fingerprint density at radius 2 is 2.03 bits per heavy atom. The summed E-state index contributed by atoms with van der Waals surface area (Å²) in [5.41, 5.74) is 0.993. The Morgan fingerprint density at radius 1 is 1.28 bits per heavy atom. The molecule has 1 aromatic heterocycles.